The Morgan fingerprint density at radius 1 is 0.771 bits per heavy atom. The molecule has 5 nitrogen and oxygen atoms in total. The van der Waals surface area contributed by atoms with Gasteiger partial charge in [-0.25, -0.2) is 4.39 Å². The van der Waals surface area contributed by atoms with Crippen LogP contribution in [-0.4, -0.2) is 19.0 Å². The van der Waals surface area contributed by atoms with E-state index in [9.17, 15) is 9.18 Å². The van der Waals surface area contributed by atoms with Crippen LogP contribution in [0.1, 0.15) is 54.4 Å². The van der Waals surface area contributed by atoms with Crippen LogP contribution in [0.15, 0.2) is 72.8 Å². The van der Waals surface area contributed by atoms with Crippen molar-refractivity contribution in [1.29, 1.82) is 0 Å². The number of nitrogen functional groups attached to an aromatic ring is 2. The Morgan fingerprint density at radius 2 is 1.40 bits per heavy atom. The van der Waals surface area contributed by atoms with E-state index in [1.165, 1.54) is 36.8 Å². The van der Waals surface area contributed by atoms with E-state index in [2.05, 4.69) is 0 Å². The number of nitrogens with two attached hydrogens (primary N) is 2. The predicted molar refractivity (Wildman–Crippen MR) is 140 cm³/mol. The van der Waals surface area contributed by atoms with Crippen molar-refractivity contribution in [3.8, 4) is 11.5 Å². The first-order valence-electron chi connectivity index (χ1n) is 12.0. The van der Waals surface area contributed by atoms with E-state index in [-0.39, 0.29) is 11.6 Å². The van der Waals surface area contributed by atoms with Crippen molar-refractivity contribution in [3.05, 3.63) is 89.8 Å². The Kier molecular flexibility index (Phi) is 10.2. The SMILES string of the molecule is Nc1ccc(OCCCCCCCCOc2ccc(C=CC(=O)c3ccc(F)cc3)cc2)c(N)c1. The summed E-state index contributed by atoms with van der Waals surface area (Å²) in [5.74, 6) is 0.984. The second kappa shape index (κ2) is 13.8. The smallest absolute Gasteiger partial charge is 0.185 e. The second-order valence-corrected chi connectivity index (χ2v) is 8.39. The van der Waals surface area contributed by atoms with Gasteiger partial charge in [0.15, 0.2) is 5.78 Å². The number of unbranched alkanes of at least 4 members (excludes halogenated alkanes) is 5. The number of hydrogen-bond donors (Lipinski definition) is 2. The Morgan fingerprint density at radius 3 is 2.06 bits per heavy atom. The van der Waals surface area contributed by atoms with Gasteiger partial charge in [0.25, 0.3) is 0 Å². The van der Waals surface area contributed by atoms with Crippen LogP contribution in [0.4, 0.5) is 15.8 Å². The van der Waals surface area contributed by atoms with Crippen molar-refractivity contribution < 1.29 is 18.7 Å². The minimum Gasteiger partial charge on any atom is -0.494 e. The molecule has 0 radical (unpaired) electrons. The second-order valence-electron chi connectivity index (χ2n) is 8.39. The van der Waals surface area contributed by atoms with Crippen LogP contribution >= 0.6 is 0 Å². The summed E-state index contributed by atoms with van der Waals surface area (Å²) >= 11 is 0. The normalized spacial score (nSPS) is 11.0. The van der Waals surface area contributed by atoms with Crippen molar-refractivity contribution >= 4 is 23.2 Å². The van der Waals surface area contributed by atoms with Gasteiger partial charge in [-0.15, -0.1) is 0 Å². The third-order valence-electron chi connectivity index (χ3n) is 5.53. The molecule has 0 aliphatic carbocycles. The Bertz CT molecular complexity index is 1100. The standard InChI is InChI=1S/C29H33FN2O3/c30-24-12-10-23(11-13-24)28(33)17-9-22-7-15-26(16-8-22)34-19-5-3-1-2-4-6-20-35-29-18-14-25(31)21-27(29)32/h7-18,21H,1-6,19-20,31-32H2. The van der Waals surface area contributed by atoms with Crippen LogP contribution in [0.2, 0.25) is 0 Å². The molecule has 4 N–H and O–H groups in total. The molecule has 0 saturated carbocycles. The lowest BCUT2D eigenvalue weighted by Crippen LogP contribution is -2.01. The van der Waals surface area contributed by atoms with Crippen molar-refractivity contribution in [2.75, 3.05) is 24.7 Å². The maximum atomic E-state index is 13.0. The Hall–Kier alpha value is -3.80. The van der Waals surface area contributed by atoms with Gasteiger partial charge >= 0.3 is 0 Å². The topological polar surface area (TPSA) is 87.6 Å². The molecule has 3 aromatic carbocycles. The van der Waals surface area contributed by atoms with E-state index in [1.807, 2.05) is 30.3 Å². The molecule has 3 rings (SSSR count). The lowest BCUT2D eigenvalue weighted by molar-refractivity contribution is 0.104. The molecule has 0 saturated heterocycles. The summed E-state index contributed by atoms with van der Waals surface area (Å²) < 4.78 is 24.5. The Balaban J connectivity index is 1.23. The number of carbonyl (C=O) groups excluding carboxylic acids is 1. The van der Waals surface area contributed by atoms with E-state index in [4.69, 9.17) is 20.9 Å². The van der Waals surface area contributed by atoms with Gasteiger partial charge in [-0.3, -0.25) is 4.79 Å². The fourth-order valence-electron chi connectivity index (χ4n) is 3.54. The molecule has 0 amide bonds. The van der Waals surface area contributed by atoms with E-state index >= 15 is 0 Å². The summed E-state index contributed by atoms with van der Waals surface area (Å²) in [6.07, 6.45) is 9.81. The molecule has 6 heteroatoms. The number of ether oxygens (including phenoxy) is 2. The summed E-state index contributed by atoms with van der Waals surface area (Å²) in [5, 5.41) is 0. The molecule has 0 unspecified atom stereocenters. The van der Waals surface area contributed by atoms with E-state index in [0.29, 0.717) is 35.9 Å². The number of hydrogen-bond acceptors (Lipinski definition) is 5. The summed E-state index contributed by atoms with van der Waals surface area (Å²) in [7, 11) is 0. The number of benzene rings is 3. The van der Waals surface area contributed by atoms with Gasteiger partial charge in [-0.2, -0.15) is 0 Å². The molecule has 0 atom stereocenters. The number of carbonyl (C=O) groups is 1. The maximum Gasteiger partial charge on any atom is 0.185 e. The zero-order valence-electron chi connectivity index (χ0n) is 19.9. The minimum absolute atomic E-state index is 0.163. The van der Waals surface area contributed by atoms with E-state index in [1.54, 1.807) is 18.2 Å². The molecule has 0 aromatic heterocycles. The minimum atomic E-state index is -0.357. The van der Waals surface area contributed by atoms with Gasteiger partial charge in [-0.05, 0) is 79.1 Å². The summed E-state index contributed by atoms with van der Waals surface area (Å²) in [6, 6.07) is 18.4. The lowest BCUT2D eigenvalue weighted by atomic mass is 10.1. The highest BCUT2D eigenvalue weighted by Crippen LogP contribution is 2.23. The molecule has 184 valence electrons. The van der Waals surface area contributed by atoms with Gasteiger partial charge in [-0.1, -0.05) is 43.9 Å². The van der Waals surface area contributed by atoms with Crippen molar-refractivity contribution in [2.24, 2.45) is 0 Å². The average Bonchev–Trinajstić information content (AvgIpc) is 2.86. The van der Waals surface area contributed by atoms with Crippen LogP contribution in [0, 0.1) is 5.82 Å². The molecule has 0 fully saturated rings. The number of halogens is 1. The van der Waals surface area contributed by atoms with Crippen LogP contribution in [-0.2, 0) is 0 Å². The fourth-order valence-corrected chi connectivity index (χ4v) is 3.54. The molecule has 0 heterocycles. The Labute approximate surface area is 206 Å². The highest BCUT2D eigenvalue weighted by Gasteiger charge is 2.02. The summed E-state index contributed by atoms with van der Waals surface area (Å²) in [4.78, 5) is 12.1. The zero-order chi connectivity index (χ0) is 24.9. The third-order valence-corrected chi connectivity index (χ3v) is 5.53. The molecule has 0 aliphatic heterocycles. The van der Waals surface area contributed by atoms with Gasteiger partial charge in [0.2, 0.25) is 0 Å². The first-order valence-corrected chi connectivity index (χ1v) is 12.0. The molecule has 0 bridgehead atoms. The van der Waals surface area contributed by atoms with Crippen LogP contribution in [0.5, 0.6) is 11.5 Å². The van der Waals surface area contributed by atoms with Gasteiger partial charge in [0, 0.05) is 11.3 Å². The molecule has 35 heavy (non-hydrogen) atoms. The fraction of sp³-hybridized carbons (Fsp3) is 0.276. The average molecular weight is 477 g/mol. The molecule has 0 spiro atoms. The molecular weight excluding hydrogens is 443 g/mol. The summed E-state index contributed by atoms with van der Waals surface area (Å²) in [5.41, 5.74) is 14.1. The molecular formula is C29H33FN2O3. The van der Waals surface area contributed by atoms with E-state index < -0.39 is 0 Å². The quantitative estimate of drug-likeness (QED) is 0.117. The van der Waals surface area contributed by atoms with Gasteiger partial charge in [0.1, 0.15) is 17.3 Å². The largest absolute Gasteiger partial charge is 0.494 e. The first-order chi connectivity index (χ1) is 17.0. The van der Waals surface area contributed by atoms with Gasteiger partial charge in [0.05, 0.1) is 18.9 Å². The van der Waals surface area contributed by atoms with Crippen LogP contribution < -0.4 is 20.9 Å². The zero-order valence-corrected chi connectivity index (χ0v) is 19.9. The number of rotatable bonds is 14. The molecule has 3 aromatic rings. The predicted octanol–water partition coefficient (Wildman–Crippen LogP) is 6.68. The highest BCUT2D eigenvalue weighted by molar-refractivity contribution is 6.06. The molecule has 0 aliphatic rings. The van der Waals surface area contributed by atoms with Crippen molar-refractivity contribution in [3.63, 3.8) is 0 Å². The lowest BCUT2D eigenvalue weighted by Gasteiger charge is -2.09. The summed E-state index contributed by atoms with van der Waals surface area (Å²) in [6.45, 7) is 1.33. The van der Waals surface area contributed by atoms with E-state index in [0.717, 1.165) is 43.4 Å². The van der Waals surface area contributed by atoms with Crippen LogP contribution in [0.3, 0.4) is 0 Å². The maximum absolute atomic E-state index is 13.0. The number of anilines is 2. The number of allylic oxidation sites excluding steroid dienone is 1. The third kappa shape index (κ3) is 9.16. The number of ketones is 1. The monoisotopic (exact) mass is 476 g/mol. The first kappa shape index (κ1) is 25.8. The van der Waals surface area contributed by atoms with Crippen molar-refractivity contribution in [2.45, 2.75) is 38.5 Å². The van der Waals surface area contributed by atoms with Gasteiger partial charge < -0.3 is 20.9 Å². The van der Waals surface area contributed by atoms with Crippen molar-refractivity contribution in [1.82, 2.24) is 0 Å². The highest BCUT2D eigenvalue weighted by atomic mass is 19.1. The van der Waals surface area contributed by atoms with Crippen LogP contribution in [0.25, 0.3) is 6.08 Å².